The van der Waals surface area contributed by atoms with Crippen molar-refractivity contribution in [3.05, 3.63) is 29.3 Å². The highest BCUT2D eigenvalue weighted by molar-refractivity contribution is 7.92. The number of sulfone groups is 1. The van der Waals surface area contributed by atoms with Crippen LogP contribution in [0.15, 0.2) is 12.1 Å². The minimum Gasteiger partial charge on any atom is -0.383 e. The topological polar surface area (TPSA) is 75.3 Å². The van der Waals surface area contributed by atoms with E-state index in [1.54, 1.807) is 0 Å². The van der Waals surface area contributed by atoms with E-state index in [0.29, 0.717) is 0 Å². The summed E-state index contributed by atoms with van der Waals surface area (Å²) >= 11 is 0. The first-order valence-electron chi connectivity index (χ1n) is 6.14. The molecule has 1 rings (SSSR count). The van der Waals surface area contributed by atoms with Crippen molar-refractivity contribution < 1.29 is 22.0 Å². The zero-order chi connectivity index (χ0) is 16.4. The van der Waals surface area contributed by atoms with Gasteiger partial charge in [0.05, 0.1) is 4.75 Å². The fourth-order valence-electron chi connectivity index (χ4n) is 1.47. The second-order valence-electron chi connectivity index (χ2n) is 5.28. The molecule has 21 heavy (non-hydrogen) atoms. The number of hydrogen-bond donors (Lipinski definition) is 2. The van der Waals surface area contributed by atoms with Crippen molar-refractivity contribution in [3.8, 4) is 0 Å². The van der Waals surface area contributed by atoms with Gasteiger partial charge < -0.3 is 10.6 Å². The van der Waals surface area contributed by atoms with Gasteiger partial charge >= 0.3 is 0 Å². The predicted molar refractivity (Wildman–Crippen MR) is 77.2 cm³/mol. The van der Waals surface area contributed by atoms with Gasteiger partial charge in [-0.3, -0.25) is 4.79 Å². The van der Waals surface area contributed by atoms with Crippen LogP contribution in [0.3, 0.4) is 0 Å². The molecule has 0 unspecified atom stereocenters. The molecular formula is C13H18F2N2O3S. The van der Waals surface area contributed by atoms with Gasteiger partial charge in [0.2, 0.25) is 0 Å². The van der Waals surface area contributed by atoms with Crippen LogP contribution in [0, 0.1) is 11.6 Å². The van der Waals surface area contributed by atoms with Gasteiger partial charge in [-0.05, 0) is 26.0 Å². The molecule has 0 aliphatic rings. The van der Waals surface area contributed by atoms with E-state index in [1.807, 2.05) is 0 Å². The Hall–Kier alpha value is -1.70. The quantitative estimate of drug-likeness (QED) is 0.863. The summed E-state index contributed by atoms with van der Waals surface area (Å²) in [5.74, 6) is -2.54. The summed E-state index contributed by atoms with van der Waals surface area (Å²) in [7, 11) is -2.02. The zero-order valence-corrected chi connectivity index (χ0v) is 13.1. The fourth-order valence-corrected chi connectivity index (χ4v) is 1.80. The van der Waals surface area contributed by atoms with Crippen molar-refractivity contribution in [2.24, 2.45) is 0 Å². The van der Waals surface area contributed by atoms with Crippen LogP contribution in [-0.4, -0.2) is 38.9 Å². The fraction of sp³-hybridized carbons (Fsp3) is 0.462. The highest BCUT2D eigenvalue weighted by Gasteiger charge is 2.30. The van der Waals surface area contributed by atoms with Gasteiger partial charge in [0, 0.05) is 25.4 Å². The standard InChI is InChI=1S/C13H18F2N2O3S/c1-13(2,21(4,19)20)7-17-12(18)8-5-9(14)11(16-3)10(15)6-8/h5-6,16H,7H2,1-4H3,(H,17,18). The maximum atomic E-state index is 13.6. The molecule has 0 aliphatic carbocycles. The summed E-state index contributed by atoms with van der Waals surface area (Å²) in [5, 5.41) is 4.71. The van der Waals surface area contributed by atoms with Crippen molar-refractivity contribution in [3.63, 3.8) is 0 Å². The number of rotatable bonds is 5. The predicted octanol–water partition coefficient (Wildman–Crippen LogP) is 1.56. The normalized spacial score (nSPS) is 12.1. The van der Waals surface area contributed by atoms with Crippen molar-refractivity contribution in [2.45, 2.75) is 18.6 Å². The summed E-state index contributed by atoms with van der Waals surface area (Å²) in [6, 6.07) is 1.77. The smallest absolute Gasteiger partial charge is 0.251 e. The second-order valence-corrected chi connectivity index (χ2v) is 7.93. The average Bonchev–Trinajstić information content (AvgIpc) is 2.34. The average molecular weight is 320 g/mol. The minimum atomic E-state index is -3.38. The van der Waals surface area contributed by atoms with Gasteiger partial charge in [-0.2, -0.15) is 0 Å². The van der Waals surface area contributed by atoms with E-state index in [0.717, 1.165) is 18.4 Å². The van der Waals surface area contributed by atoms with E-state index in [4.69, 9.17) is 0 Å². The Balaban J connectivity index is 2.92. The van der Waals surface area contributed by atoms with E-state index >= 15 is 0 Å². The van der Waals surface area contributed by atoms with E-state index in [2.05, 4.69) is 10.6 Å². The molecule has 2 N–H and O–H groups in total. The number of halogens is 2. The van der Waals surface area contributed by atoms with Gasteiger partial charge in [0.25, 0.3) is 5.91 Å². The van der Waals surface area contributed by atoms with Crippen LogP contribution in [0.4, 0.5) is 14.5 Å². The molecule has 0 fully saturated rings. The Morgan fingerprint density at radius 1 is 1.24 bits per heavy atom. The van der Waals surface area contributed by atoms with Crippen LogP contribution in [0.2, 0.25) is 0 Å². The Bertz CT molecular complexity index is 634. The molecule has 1 amide bonds. The number of hydrogen-bond acceptors (Lipinski definition) is 4. The Morgan fingerprint density at radius 3 is 2.10 bits per heavy atom. The summed E-state index contributed by atoms with van der Waals surface area (Å²) in [6.07, 6.45) is 1.06. The maximum Gasteiger partial charge on any atom is 0.251 e. The van der Waals surface area contributed by atoms with Crippen molar-refractivity contribution >= 4 is 21.4 Å². The Labute approximate surface area is 122 Å². The molecule has 0 saturated carbocycles. The van der Waals surface area contributed by atoms with E-state index in [1.165, 1.54) is 20.9 Å². The van der Waals surface area contributed by atoms with Crippen molar-refractivity contribution in [2.75, 3.05) is 25.2 Å². The van der Waals surface area contributed by atoms with E-state index in [-0.39, 0.29) is 17.8 Å². The number of nitrogens with one attached hydrogen (secondary N) is 2. The molecular weight excluding hydrogens is 302 g/mol. The molecule has 0 bridgehead atoms. The van der Waals surface area contributed by atoms with Gasteiger partial charge in [0.15, 0.2) is 9.84 Å². The highest BCUT2D eigenvalue weighted by atomic mass is 32.2. The van der Waals surface area contributed by atoms with E-state index in [9.17, 15) is 22.0 Å². The number of amides is 1. The maximum absolute atomic E-state index is 13.6. The lowest BCUT2D eigenvalue weighted by Gasteiger charge is -2.22. The summed E-state index contributed by atoms with van der Waals surface area (Å²) < 4.78 is 49.0. The van der Waals surface area contributed by atoms with Crippen LogP contribution < -0.4 is 10.6 Å². The molecule has 0 spiro atoms. The van der Waals surface area contributed by atoms with Gasteiger partial charge in [-0.25, -0.2) is 17.2 Å². The third-order valence-electron chi connectivity index (χ3n) is 3.23. The van der Waals surface area contributed by atoms with Crippen LogP contribution in [0.25, 0.3) is 0 Å². The Morgan fingerprint density at radius 2 is 1.71 bits per heavy atom. The summed E-state index contributed by atoms with van der Waals surface area (Å²) in [6.45, 7) is 2.74. The first-order chi connectivity index (χ1) is 9.49. The lowest BCUT2D eigenvalue weighted by molar-refractivity contribution is 0.0949. The number of carbonyl (C=O) groups excluding carboxylic acids is 1. The second kappa shape index (κ2) is 5.97. The molecule has 0 atom stereocenters. The number of anilines is 1. The summed E-state index contributed by atoms with van der Waals surface area (Å²) in [4.78, 5) is 11.9. The van der Waals surface area contributed by atoms with Crippen molar-refractivity contribution in [1.29, 1.82) is 0 Å². The number of carbonyl (C=O) groups is 1. The first kappa shape index (κ1) is 17.4. The third kappa shape index (κ3) is 3.90. The lowest BCUT2D eigenvalue weighted by atomic mass is 10.1. The van der Waals surface area contributed by atoms with Gasteiger partial charge in [-0.15, -0.1) is 0 Å². The van der Waals surface area contributed by atoms with Crippen molar-refractivity contribution in [1.82, 2.24) is 5.32 Å². The van der Waals surface area contributed by atoms with Gasteiger partial charge in [-0.1, -0.05) is 0 Å². The lowest BCUT2D eigenvalue weighted by Crippen LogP contribution is -2.43. The van der Waals surface area contributed by atoms with E-state index < -0.39 is 32.1 Å². The summed E-state index contributed by atoms with van der Waals surface area (Å²) in [5.41, 5.74) is -0.545. The first-order valence-corrected chi connectivity index (χ1v) is 8.03. The molecule has 0 aromatic heterocycles. The van der Waals surface area contributed by atoms with Crippen LogP contribution in [0.5, 0.6) is 0 Å². The van der Waals surface area contributed by atoms with Crippen LogP contribution in [0.1, 0.15) is 24.2 Å². The molecule has 0 aliphatic heterocycles. The monoisotopic (exact) mass is 320 g/mol. The molecule has 1 aromatic carbocycles. The largest absolute Gasteiger partial charge is 0.383 e. The SMILES string of the molecule is CNc1c(F)cc(C(=O)NCC(C)(C)S(C)(=O)=O)cc1F. The molecule has 8 heteroatoms. The molecule has 0 radical (unpaired) electrons. The van der Waals surface area contributed by atoms with Crippen LogP contribution in [-0.2, 0) is 9.84 Å². The van der Waals surface area contributed by atoms with Gasteiger partial charge in [0.1, 0.15) is 17.3 Å². The molecule has 5 nitrogen and oxygen atoms in total. The molecule has 0 heterocycles. The van der Waals surface area contributed by atoms with Crippen LogP contribution >= 0.6 is 0 Å². The number of benzene rings is 1. The zero-order valence-electron chi connectivity index (χ0n) is 12.3. The Kier molecular flexibility index (Phi) is 4.93. The highest BCUT2D eigenvalue weighted by Crippen LogP contribution is 2.20. The minimum absolute atomic E-state index is 0.165. The molecule has 1 aromatic rings. The molecule has 118 valence electrons. The molecule has 0 saturated heterocycles. The third-order valence-corrected chi connectivity index (χ3v) is 5.38.